The van der Waals surface area contributed by atoms with Gasteiger partial charge in [-0.05, 0) is 60.4 Å². The van der Waals surface area contributed by atoms with Crippen molar-refractivity contribution in [3.05, 3.63) is 81.8 Å². The normalized spacial score (nSPS) is 11.1. The Bertz CT molecular complexity index is 917. The van der Waals surface area contributed by atoms with Crippen LogP contribution in [0.3, 0.4) is 0 Å². The van der Waals surface area contributed by atoms with Gasteiger partial charge < -0.3 is 0 Å². The molecule has 0 N–H and O–H groups in total. The molecule has 0 saturated heterocycles. The summed E-state index contributed by atoms with van der Waals surface area (Å²) < 4.78 is 1.11. The largest absolute Gasteiger partial charge is 0.241 e. The minimum atomic E-state index is 0.946. The number of aryl methyl sites for hydroxylation is 4. The van der Waals surface area contributed by atoms with Gasteiger partial charge in [-0.2, -0.15) is 0 Å². The van der Waals surface area contributed by atoms with Crippen LogP contribution in [0.2, 0.25) is 0 Å². The van der Waals surface area contributed by atoms with E-state index in [0.717, 1.165) is 47.1 Å². The van der Waals surface area contributed by atoms with E-state index in [4.69, 9.17) is 0 Å². The van der Waals surface area contributed by atoms with Crippen molar-refractivity contribution in [2.24, 2.45) is 0 Å². The molecule has 0 atom stereocenters. The molecule has 0 unspecified atom stereocenters. The lowest BCUT2D eigenvalue weighted by molar-refractivity contribution is 0.693. The quantitative estimate of drug-likeness (QED) is 0.245. The zero-order valence-corrected chi connectivity index (χ0v) is 20.6. The third-order valence-corrected chi connectivity index (χ3v) is 6.50. The van der Waals surface area contributed by atoms with Crippen molar-refractivity contribution in [1.29, 1.82) is 0 Å². The van der Waals surface area contributed by atoms with Crippen molar-refractivity contribution in [2.75, 3.05) is 0 Å². The van der Waals surface area contributed by atoms with Crippen LogP contribution in [-0.2, 0) is 25.7 Å². The van der Waals surface area contributed by atoms with E-state index < -0.39 is 0 Å². The molecule has 0 aliphatic heterocycles. The van der Waals surface area contributed by atoms with Gasteiger partial charge in [0.25, 0.3) is 0 Å². The summed E-state index contributed by atoms with van der Waals surface area (Å²) in [5.41, 5.74) is 6.44. The number of nitrogens with zero attached hydrogens (tertiary/aromatic N) is 2. The predicted octanol–water partition coefficient (Wildman–Crippen LogP) is 8.16. The zero-order chi connectivity index (χ0) is 21.9. The van der Waals surface area contributed by atoms with Gasteiger partial charge in [-0.3, -0.25) is 0 Å². The van der Waals surface area contributed by atoms with E-state index in [1.54, 1.807) is 0 Å². The number of hydrogen-bond acceptors (Lipinski definition) is 2. The lowest BCUT2D eigenvalue weighted by atomic mass is 10.00. The highest BCUT2D eigenvalue weighted by Crippen LogP contribution is 2.29. The van der Waals surface area contributed by atoms with Gasteiger partial charge in [0.05, 0.1) is 0 Å². The molecule has 31 heavy (non-hydrogen) atoms. The van der Waals surface area contributed by atoms with Crippen LogP contribution in [-0.4, -0.2) is 9.97 Å². The van der Waals surface area contributed by atoms with Crippen molar-refractivity contribution >= 4 is 15.9 Å². The molecular formula is C28H35BrN2. The molecule has 164 valence electrons. The number of aromatic nitrogens is 2. The number of hydrogen-bond donors (Lipinski definition) is 0. The van der Waals surface area contributed by atoms with Gasteiger partial charge in [-0.15, -0.1) is 0 Å². The molecule has 0 fully saturated rings. The zero-order valence-electron chi connectivity index (χ0n) is 19.0. The van der Waals surface area contributed by atoms with E-state index in [0.29, 0.717) is 0 Å². The summed E-state index contributed by atoms with van der Waals surface area (Å²) in [5.74, 6) is 0.946. The highest BCUT2D eigenvalue weighted by atomic mass is 79.9. The molecule has 1 heterocycles. The fraction of sp³-hybridized carbons (Fsp3) is 0.429. The van der Waals surface area contributed by atoms with Crippen LogP contribution >= 0.6 is 15.9 Å². The van der Waals surface area contributed by atoms with Crippen LogP contribution in [0.4, 0.5) is 0 Å². The minimum absolute atomic E-state index is 0.946. The first-order valence-corrected chi connectivity index (χ1v) is 12.7. The van der Waals surface area contributed by atoms with E-state index >= 15 is 0 Å². The molecule has 0 bridgehead atoms. The first kappa shape index (κ1) is 23.7. The molecular weight excluding hydrogens is 444 g/mol. The fourth-order valence-corrected chi connectivity index (χ4v) is 4.50. The van der Waals surface area contributed by atoms with Gasteiger partial charge in [-0.1, -0.05) is 91.9 Å². The number of halogens is 1. The maximum Gasteiger partial charge on any atom is 0.128 e. The van der Waals surface area contributed by atoms with E-state index in [-0.39, 0.29) is 0 Å². The van der Waals surface area contributed by atoms with Crippen LogP contribution in [0.25, 0.3) is 11.1 Å². The number of rotatable bonds is 12. The minimum Gasteiger partial charge on any atom is -0.241 e. The highest BCUT2D eigenvalue weighted by Gasteiger charge is 2.07. The summed E-state index contributed by atoms with van der Waals surface area (Å²) in [4.78, 5) is 9.13. The molecule has 0 aliphatic rings. The third kappa shape index (κ3) is 7.57. The molecule has 3 heteroatoms. The average Bonchev–Trinajstić information content (AvgIpc) is 2.80. The molecule has 0 spiro atoms. The Morgan fingerprint density at radius 2 is 1.19 bits per heavy atom. The summed E-state index contributed by atoms with van der Waals surface area (Å²) in [7, 11) is 0. The van der Waals surface area contributed by atoms with E-state index in [9.17, 15) is 0 Å². The van der Waals surface area contributed by atoms with Crippen molar-refractivity contribution in [3.63, 3.8) is 0 Å². The van der Waals surface area contributed by atoms with Crippen LogP contribution in [0, 0.1) is 0 Å². The summed E-state index contributed by atoms with van der Waals surface area (Å²) in [6.45, 7) is 4.48. The molecule has 0 saturated carbocycles. The second-order valence-corrected chi connectivity index (χ2v) is 9.29. The standard InChI is InChI=1S/C28H35BrN2/c1-3-5-7-9-22-11-13-23(14-12-22)15-16-24-17-18-26(27(29)19-24)25-20-30-28(31-21-25)10-8-6-4-2/h11-14,17-21H,3-10,15-16H2,1-2H3. The average molecular weight is 480 g/mol. The maximum absolute atomic E-state index is 4.56. The molecule has 3 rings (SSSR count). The van der Waals surface area contributed by atoms with Crippen LogP contribution in [0.15, 0.2) is 59.3 Å². The van der Waals surface area contributed by atoms with Crippen molar-refractivity contribution < 1.29 is 0 Å². The highest BCUT2D eigenvalue weighted by molar-refractivity contribution is 9.10. The number of unbranched alkanes of at least 4 members (excludes halogenated alkanes) is 4. The smallest absolute Gasteiger partial charge is 0.128 e. The Balaban J connectivity index is 1.55. The predicted molar refractivity (Wildman–Crippen MR) is 135 cm³/mol. The monoisotopic (exact) mass is 478 g/mol. The molecule has 0 aliphatic carbocycles. The summed E-state index contributed by atoms with van der Waals surface area (Å²) in [6.07, 6.45) is 15.7. The molecule has 0 amide bonds. The van der Waals surface area contributed by atoms with Crippen molar-refractivity contribution in [3.8, 4) is 11.1 Å². The second kappa shape index (κ2) is 12.8. The van der Waals surface area contributed by atoms with Crippen LogP contribution in [0.5, 0.6) is 0 Å². The van der Waals surface area contributed by atoms with E-state index in [1.807, 2.05) is 12.4 Å². The lowest BCUT2D eigenvalue weighted by Gasteiger charge is -2.09. The van der Waals surface area contributed by atoms with Gasteiger partial charge in [0, 0.05) is 28.9 Å². The van der Waals surface area contributed by atoms with Crippen molar-refractivity contribution in [2.45, 2.75) is 78.1 Å². The van der Waals surface area contributed by atoms with Gasteiger partial charge in [0.2, 0.25) is 0 Å². The molecule has 0 radical (unpaired) electrons. The SMILES string of the molecule is CCCCCc1ccc(CCc2ccc(-c3cnc(CCCCC)nc3)c(Br)c2)cc1. The van der Waals surface area contributed by atoms with Crippen LogP contribution in [0.1, 0.15) is 74.9 Å². The summed E-state index contributed by atoms with van der Waals surface area (Å²) in [6, 6.07) is 15.9. The summed E-state index contributed by atoms with van der Waals surface area (Å²) in [5, 5.41) is 0. The van der Waals surface area contributed by atoms with Crippen LogP contribution < -0.4 is 0 Å². The van der Waals surface area contributed by atoms with Gasteiger partial charge in [0.15, 0.2) is 0 Å². The van der Waals surface area contributed by atoms with Gasteiger partial charge >= 0.3 is 0 Å². The Morgan fingerprint density at radius 1 is 0.645 bits per heavy atom. The Hall–Kier alpha value is -2.00. The fourth-order valence-electron chi connectivity index (χ4n) is 3.84. The van der Waals surface area contributed by atoms with Gasteiger partial charge in [0.1, 0.15) is 5.82 Å². The molecule has 2 nitrogen and oxygen atoms in total. The molecule has 3 aromatic rings. The Kier molecular flexibility index (Phi) is 9.74. The topological polar surface area (TPSA) is 25.8 Å². The third-order valence-electron chi connectivity index (χ3n) is 5.85. The first-order valence-electron chi connectivity index (χ1n) is 11.9. The van der Waals surface area contributed by atoms with E-state index in [1.165, 1.54) is 55.2 Å². The Morgan fingerprint density at radius 3 is 1.81 bits per heavy atom. The number of benzene rings is 2. The van der Waals surface area contributed by atoms with Crippen molar-refractivity contribution in [1.82, 2.24) is 9.97 Å². The molecule has 1 aromatic heterocycles. The lowest BCUT2D eigenvalue weighted by Crippen LogP contribution is -1.96. The molecule has 2 aromatic carbocycles. The Labute approximate surface area is 196 Å². The van der Waals surface area contributed by atoms with E-state index in [2.05, 4.69) is 82.2 Å². The maximum atomic E-state index is 4.56. The summed E-state index contributed by atoms with van der Waals surface area (Å²) >= 11 is 3.76. The second-order valence-electron chi connectivity index (χ2n) is 8.43. The first-order chi connectivity index (χ1) is 15.2. The van der Waals surface area contributed by atoms with Gasteiger partial charge in [-0.25, -0.2) is 9.97 Å².